The molecule has 0 aliphatic rings. The minimum atomic E-state index is -4.95. The molecule has 1 aromatic heterocycles. The Labute approximate surface area is 201 Å². The second kappa shape index (κ2) is 9.35. The van der Waals surface area contributed by atoms with Gasteiger partial charge in [0.1, 0.15) is 5.56 Å². The van der Waals surface area contributed by atoms with Crippen LogP contribution in [0.3, 0.4) is 0 Å². The van der Waals surface area contributed by atoms with Gasteiger partial charge in [0.2, 0.25) is 0 Å². The molecule has 1 amide bonds. The summed E-state index contributed by atoms with van der Waals surface area (Å²) in [5.41, 5.74) is -2.74. The first-order valence-corrected chi connectivity index (χ1v) is 11.8. The standard InChI is InChI=1S/C20H14Cl2F4N4O3S/c1-9-15(18(31)28-11-4-3-5-12(8-11)34(2,27)32)19(30-29-17(9)20(24,25)26)33-14-7-10(21)6-13(22)16(14)23/h3-8,27H,1-2H3,(H,28,31). The molecule has 2 aromatic carbocycles. The molecule has 0 spiro atoms. The van der Waals surface area contributed by atoms with Crippen molar-refractivity contribution in [2.24, 2.45) is 0 Å². The number of nitrogens with one attached hydrogen (secondary N) is 2. The Balaban J connectivity index is 2.11. The number of carbonyl (C=O) groups excluding carboxylic acids is 1. The summed E-state index contributed by atoms with van der Waals surface area (Å²) < 4.78 is 79.5. The van der Waals surface area contributed by atoms with E-state index >= 15 is 0 Å². The van der Waals surface area contributed by atoms with Gasteiger partial charge in [0.05, 0.1) is 14.8 Å². The van der Waals surface area contributed by atoms with Crippen LogP contribution in [0, 0.1) is 17.5 Å². The minimum absolute atomic E-state index is 0.0389. The first-order chi connectivity index (χ1) is 15.7. The lowest BCUT2D eigenvalue weighted by Gasteiger charge is -2.16. The highest BCUT2D eigenvalue weighted by molar-refractivity contribution is 7.91. The fourth-order valence-electron chi connectivity index (χ4n) is 2.83. The lowest BCUT2D eigenvalue weighted by Crippen LogP contribution is -2.21. The third-order valence-electron chi connectivity index (χ3n) is 4.39. The first kappa shape index (κ1) is 25.7. The molecular formula is C20H14Cl2F4N4O3S. The van der Waals surface area contributed by atoms with E-state index in [-0.39, 0.29) is 15.6 Å². The Morgan fingerprint density at radius 1 is 1.18 bits per heavy atom. The summed E-state index contributed by atoms with van der Waals surface area (Å²) in [6, 6.07) is 7.48. The highest BCUT2D eigenvalue weighted by Gasteiger charge is 2.38. The number of aromatic nitrogens is 2. The van der Waals surface area contributed by atoms with Crippen molar-refractivity contribution in [3.63, 3.8) is 0 Å². The maximum Gasteiger partial charge on any atom is 0.435 e. The molecule has 1 atom stereocenters. The number of halogens is 6. The van der Waals surface area contributed by atoms with Crippen LogP contribution in [0.5, 0.6) is 11.6 Å². The fraction of sp³-hybridized carbons (Fsp3) is 0.150. The van der Waals surface area contributed by atoms with Crippen LogP contribution in [-0.4, -0.2) is 26.6 Å². The Morgan fingerprint density at radius 3 is 2.47 bits per heavy atom. The molecule has 0 saturated carbocycles. The van der Waals surface area contributed by atoms with Crippen molar-refractivity contribution in [1.82, 2.24) is 10.2 Å². The summed E-state index contributed by atoms with van der Waals surface area (Å²) in [4.78, 5) is 13.1. The Bertz CT molecular complexity index is 1400. The van der Waals surface area contributed by atoms with Gasteiger partial charge in [-0.15, -0.1) is 10.2 Å². The summed E-state index contributed by atoms with van der Waals surface area (Å²) in [7, 11) is -3.14. The highest BCUT2D eigenvalue weighted by Crippen LogP contribution is 2.37. The molecule has 1 heterocycles. The molecular weight excluding hydrogens is 523 g/mol. The Hall–Kier alpha value is -2.96. The van der Waals surface area contributed by atoms with Crippen molar-refractivity contribution in [3.8, 4) is 11.6 Å². The third-order valence-corrected chi connectivity index (χ3v) is 6.04. The van der Waals surface area contributed by atoms with Crippen molar-refractivity contribution in [1.29, 1.82) is 4.78 Å². The van der Waals surface area contributed by atoms with Gasteiger partial charge in [0, 0.05) is 27.9 Å². The van der Waals surface area contributed by atoms with E-state index in [0.717, 1.165) is 25.3 Å². The number of nitrogens with zero attached hydrogens (tertiary/aromatic N) is 2. The lowest BCUT2D eigenvalue weighted by atomic mass is 10.1. The van der Waals surface area contributed by atoms with Crippen molar-refractivity contribution in [3.05, 3.63) is 69.1 Å². The number of amides is 1. The molecule has 7 nitrogen and oxygen atoms in total. The number of hydrogen-bond donors (Lipinski definition) is 2. The van der Waals surface area contributed by atoms with Crippen LogP contribution in [0.1, 0.15) is 21.6 Å². The first-order valence-electron chi connectivity index (χ1n) is 9.10. The van der Waals surface area contributed by atoms with Gasteiger partial charge in [0.15, 0.2) is 17.3 Å². The Morgan fingerprint density at radius 2 is 1.85 bits per heavy atom. The van der Waals surface area contributed by atoms with E-state index in [1.807, 2.05) is 0 Å². The monoisotopic (exact) mass is 536 g/mol. The van der Waals surface area contributed by atoms with Crippen LogP contribution < -0.4 is 10.1 Å². The van der Waals surface area contributed by atoms with Crippen LogP contribution >= 0.6 is 23.2 Å². The molecule has 0 saturated heterocycles. The van der Waals surface area contributed by atoms with Gasteiger partial charge in [0.25, 0.3) is 11.8 Å². The molecule has 0 aliphatic carbocycles. The number of benzene rings is 2. The van der Waals surface area contributed by atoms with E-state index < -0.39 is 61.1 Å². The summed E-state index contributed by atoms with van der Waals surface area (Å²) in [6.45, 7) is 0.972. The van der Waals surface area contributed by atoms with Crippen molar-refractivity contribution in [2.45, 2.75) is 18.0 Å². The molecule has 34 heavy (non-hydrogen) atoms. The van der Waals surface area contributed by atoms with E-state index in [2.05, 4.69) is 15.5 Å². The number of rotatable bonds is 5. The van der Waals surface area contributed by atoms with Crippen LogP contribution in [0.25, 0.3) is 0 Å². The predicted octanol–water partition coefficient (Wildman–Crippen LogP) is 6.33. The maximum absolute atomic E-state index is 14.4. The molecule has 1 unspecified atom stereocenters. The normalized spacial score (nSPS) is 13.3. The van der Waals surface area contributed by atoms with Crippen LogP contribution in [0.15, 0.2) is 41.3 Å². The number of ether oxygens (including phenoxy) is 1. The summed E-state index contributed by atoms with van der Waals surface area (Å²) in [5, 5.41) is 8.30. The second-order valence-electron chi connectivity index (χ2n) is 6.98. The minimum Gasteiger partial charge on any atom is -0.434 e. The molecule has 180 valence electrons. The molecule has 3 rings (SSSR count). The zero-order valence-corrected chi connectivity index (χ0v) is 19.6. The third kappa shape index (κ3) is 5.57. The maximum atomic E-state index is 14.4. The highest BCUT2D eigenvalue weighted by atomic mass is 35.5. The largest absolute Gasteiger partial charge is 0.435 e. The predicted molar refractivity (Wildman–Crippen MR) is 118 cm³/mol. The summed E-state index contributed by atoms with van der Waals surface area (Å²) in [5.74, 6) is -3.53. The van der Waals surface area contributed by atoms with E-state index in [1.165, 1.54) is 24.3 Å². The molecule has 0 aliphatic heterocycles. The molecule has 0 bridgehead atoms. The van der Waals surface area contributed by atoms with E-state index in [4.69, 9.17) is 32.7 Å². The smallest absolute Gasteiger partial charge is 0.434 e. The van der Waals surface area contributed by atoms with Gasteiger partial charge < -0.3 is 10.1 Å². The second-order valence-corrected chi connectivity index (χ2v) is 9.98. The van der Waals surface area contributed by atoms with Crippen LogP contribution in [0.4, 0.5) is 23.2 Å². The van der Waals surface area contributed by atoms with Crippen molar-refractivity contribution >= 4 is 44.5 Å². The van der Waals surface area contributed by atoms with E-state index in [0.29, 0.717) is 0 Å². The van der Waals surface area contributed by atoms with Crippen LogP contribution in [0.2, 0.25) is 10.0 Å². The van der Waals surface area contributed by atoms with Gasteiger partial charge in [-0.25, -0.2) is 13.4 Å². The SMILES string of the molecule is Cc1c(C(F)(F)F)nnc(Oc2cc(Cl)cc(Cl)c2F)c1C(=O)Nc1cccc(S(C)(=N)=O)c1. The zero-order chi connectivity index (χ0) is 25.4. The molecule has 3 aromatic rings. The van der Waals surface area contributed by atoms with Crippen molar-refractivity contribution < 1.29 is 31.3 Å². The zero-order valence-electron chi connectivity index (χ0n) is 17.3. The fourth-order valence-corrected chi connectivity index (χ4v) is 3.99. The molecule has 0 fully saturated rings. The number of hydrogen-bond acceptors (Lipinski definition) is 6. The average molecular weight is 537 g/mol. The van der Waals surface area contributed by atoms with E-state index in [9.17, 15) is 26.6 Å². The van der Waals surface area contributed by atoms with E-state index in [1.54, 1.807) is 0 Å². The number of carbonyl (C=O) groups is 1. The Kier molecular flexibility index (Phi) is 7.06. The van der Waals surface area contributed by atoms with Gasteiger partial charge in [-0.05, 0) is 36.8 Å². The summed E-state index contributed by atoms with van der Waals surface area (Å²) in [6.07, 6.45) is -3.79. The van der Waals surface area contributed by atoms with Crippen LogP contribution in [-0.2, 0) is 15.9 Å². The molecule has 2 N–H and O–H groups in total. The molecule has 14 heteroatoms. The number of anilines is 1. The summed E-state index contributed by atoms with van der Waals surface area (Å²) >= 11 is 11.6. The van der Waals surface area contributed by atoms with Gasteiger partial charge in [-0.3, -0.25) is 4.79 Å². The van der Waals surface area contributed by atoms with Gasteiger partial charge >= 0.3 is 6.18 Å². The molecule has 0 radical (unpaired) electrons. The van der Waals surface area contributed by atoms with Gasteiger partial charge in [-0.1, -0.05) is 29.3 Å². The quantitative estimate of drug-likeness (QED) is 0.292. The topological polar surface area (TPSA) is 105 Å². The number of alkyl halides is 3. The van der Waals surface area contributed by atoms with Crippen molar-refractivity contribution in [2.75, 3.05) is 11.6 Å². The van der Waals surface area contributed by atoms with Gasteiger partial charge in [-0.2, -0.15) is 13.2 Å². The lowest BCUT2D eigenvalue weighted by molar-refractivity contribution is -0.142. The average Bonchev–Trinajstić information content (AvgIpc) is 2.70.